The Morgan fingerprint density at radius 3 is 1.01 bits per heavy atom. The first kappa shape index (κ1) is 66.0. The number of hydrogen-bond donors (Lipinski definition) is 8. The minimum atomic E-state index is -4.57. The second-order valence-corrected chi connectivity index (χ2v) is 18.5. The Morgan fingerprint density at radius 2 is 0.780 bits per heavy atom. The maximum absolute atomic E-state index is 13.3. The lowest BCUT2D eigenvalue weighted by atomic mass is 10.1. The van der Waals surface area contributed by atoms with Crippen molar-refractivity contribution in [3.05, 3.63) is 48.3 Å². The monoisotopic (exact) mass is 1170 g/mol. The van der Waals surface area contributed by atoms with Gasteiger partial charge in [0.1, 0.15) is 13.1 Å². The van der Waals surface area contributed by atoms with E-state index in [1.165, 1.54) is 21.8 Å². The van der Waals surface area contributed by atoms with Crippen molar-refractivity contribution in [3.8, 4) is 22.5 Å². The van der Waals surface area contributed by atoms with Crippen molar-refractivity contribution in [2.45, 2.75) is 103 Å². The van der Waals surface area contributed by atoms with Gasteiger partial charge in [-0.3, -0.25) is 47.7 Å². The number of anilines is 2. The Hall–Kier alpha value is -8.56. The number of nitrogens with zero attached hydrogens (tertiary/aromatic N) is 12. The Morgan fingerprint density at radius 1 is 0.488 bits per heavy atom. The normalized spacial score (nSPS) is 16.6. The van der Waals surface area contributed by atoms with Crippen LogP contribution in [0.2, 0.25) is 0 Å². The summed E-state index contributed by atoms with van der Waals surface area (Å²) in [6, 6.07) is 2.05. The Bertz CT molecular complexity index is 2590. The van der Waals surface area contributed by atoms with Gasteiger partial charge in [-0.2, -0.15) is 36.5 Å². The minimum Gasteiger partial charge on any atom is -0.481 e. The molecule has 2 amide bonds. The SMILES string of the molecule is C[C@H]1CCN1c1nc(-c2cnn(CC(=O)N3CCNCC3)c2)cc(C(F)(F)F)n1.C[C@H]1CCN1c1nc(-c2cnn(CC(=O)N3CCNCC3)c2)cc(C(F)(F)F)n1.O=C(O)CCC(=O)O.O=C(O)CCC(=O)O.O=C(O)CCC(=O)O. The van der Waals surface area contributed by atoms with Crippen LogP contribution in [0.1, 0.15) is 76.6 Å². The Kier molecular flexibility index (Phi) is 24.8. The van der Waals surface area contributed by atoms with E-state index in [0.717, 1.165) is 51.2 Å². The van der Waals surface area contributed by atoms with E-state index in [0.29, 0.717) is 50.4 Å². The molecule has 2 atom stereocenters. The first-order valence-electron chi connectivity index (χ1n) is 25.3. The average molecular weight is 1170 g/mol. The molecule has 4 aliphatic heterocycles. The van der Waals surface area contributed by atoms with Gasteiger partial charge in [-0.15, -0.1) is 0 Å². The highest BCUT2D eigenvalue weighted by atomic mass is 19.4. The van der Waals surface area contributed by atoms with Gasteiger partial charge in [0.25, 0.3) is 0 Å². The predicted molar refractivity (Wildman–Crippen MR) is 272 cm³/mol. The van der Waals surface area contributed by atoms with Crippen LogP contribution in [0.5, 0.6) is 0 Å². The lowest BCUT2D eigenvalue weighted by molar-refractivity contribution is -0.143. The standard InChI is InChI=1S/2C18H22F3N7O.3C4H6O4/c2*1-12-2-5-28(12)17-24-14(8-15(25-17)18(19,20)21)13-9-23-27(10-13)11-16(29)26-6-3-22-4-7-26;3*5-3(6)1-2-4(7)8/h2*8-10,12,22H,2-7,11H2,1H3;3*1-2H2,(H,5,6)(H,7,8)/t2*12-;;;/m00.../s1. The molecule has 0 bridgehead atoms. The lowest BCUT2D eigenvalue weighted by Crippen LogP contribution is -2.47. The van der Waals surface area contributed by atoms with Gasteiger partial charge in [0.2, 0.25) is 23.7 Å². The fourth-order valence-electron chi connectivity index (χ4n) is 7.45. The number of aliphatic carboxylic acids is 6. The fourth-order valence-corrected chi connectivity index (χ4v) is 7.45. The van der Waals surface area contributed by atoms with E-state index >= 15 is 0 Å². The minimum absolute atomic E-state index is 0.0349. The number of hydrogen-bond acceptors (Lipinski definition) is 18. The first-order chi connectivity index (χ1) is 38.5. The fraction of sp³-hybridized carbons (Fsp3) is 0.542. The van der Waals surface area contributed by atoms with Crippen LogP contribution in [0.3, 0.4) is 0 Å². The number of piperazine rings is 2. The number of nitrogens with one attached hydrogen (secondary N) is 2. The van der Waals surface area contributed by atoms with Crippen LogP contribution in [-0.2, 0) is 63.8 Å². The van der Waals surface area contributed by atoms with E-state index in [-0.39, 0.29) is 98.8 Å². The van der Waals surface area contributed by atoms with Gasteiger partial charge < -0.3 is 60.9 Å². The molecule has 0 aliphatic carbocycles. The van der Waals surface area contributed by atoms with E-state index in [1.807, 2.05) is 13.8 Å². The molecular formula is C48H62F6N14O14. The van der Waals surface area contributed by atoms with Crippen molar-refractivity contribution in [3.63, 3.8) is 0 Å². The zero-order valence-corrected chi connectivity index (χ0v) is 44.3. The number of carboxylic acid groups (broad SMARTS) is 6. The maximum atomic E-state index is 13.3. The number of carbonyl (C=O) groups is 8. The molecule has 0 unspecified atom stereocenters. The van der Waals surface area contributed by atoms with E-state index in [4.69, 9.17) is 30.6 Å². The zero-order chi connectivity index (χ0) is 60.9. The van der Waals surface area contributed by atoms with E-state index in [9.17, 15) is 64.7 Å². The molecule has 450 valence electrons. The van der Waals surface area contributed by atoms with Crippen molar-refractivity contribution >= 4 is 59.5 Å². The number of amides is 2. The molecule has 4 aromatic heterocycles. The van der Waals surface area contributed by atoms with Gasteiger partial charge in [0, 0.05) is 101 Å². The third-order valence-electron chi connectivity index (χ3n) is 12.2. The summed E-state index contributed by atoms with van der Waals surface area (Å²) in [5, 5.41) is 62.0. The van der Waals surface area contributed by atoms with Crippen LogP contribution in [-0.4, -0.2) is 205 Å². The number of carbonyl (C=O) groups excluding carboxylic acids is 2. The number of alkyl halides is 6. The summed E-state index contributed by atoms with van der Waals surface area (Å²) in [6.07, 6.45) is -3.20. The third kappa shape index (κ3) is 22.2. The summed E-state index contributed by atoms with van der Waals surface area (Å²) in [5.41, 5.74) is -0.854. The molecule has 0 aromatic carbocycles. The molecule has 8 N–H and O–H groups in total. The van der Waals surface area contributed by atoms with Crippen molar-refractivity contribution < 1.29 is 95.3 Å². The van der Waals surface area contributed by atoms with Crippen molar-refractivity contribution in [2.75, 3.05) is 75.2 Å². The van der Waals surface area contributed by atoms with E-state index in [2.05, 4.69) is 40.8 Å². The summed E-state index contributed by atoms with van der Waals surface area (Å²) >= 11 is 0. The van der Waals surface area contributed by atoms with Crippen LogP contribution in [0.4, 0.5) is 38.2 Å². The smallest absolute Gasteiger partial charge is 0.433 e. The number of halogens is 6. The van der Waals surface area contributed by atoms with Crippen LogP contribution < -0.4 is 20.4 Å². The highest BCUT2D eigenvalue weighted by molar-refractivity contribution is 5.78. The molecule has 0 saturated carbocycles. The van der Waals surface area contributed by atoms with Crippen LogP contribution in [0.15, 0.2) is 36.9 Å². The molecular weight excluding hydrogens is 1110 g/mol. The summed E-state index contributed by atoms with van der Waals surface area (Å²) in [4.78, 5) is 106. The summed E-state index contributed by atoms with van der Waals surface area (Å²) in [6.45, 7) is 10.7. The Labute approximate surface area is 462 Å². The van der Waals surface area contributed by atoms with Crippen LogP contribution >= 0.6 is 0 Å². The third-order valence-corrected chi connectivity index (χ3v) is 12.2. The van der Waals surface area contributed by atoms with Gasteiger partial charge in [-0.25, -0.2) is 19.9 Å². The summed E-state index contributed by atoms with van der Waals surface area (Å²) in [5.74, 6) is -6.47. The van der Waals surface area contributed by atoms with E-state index in [1.54, 1.807) is 32.0 Å². The summed E-state index contributed by atoms with van der Waals surface area (Å²) in [7, 11) is 0. The average Bonchev–Trinajstić information content (AvgIpc) is 4.09. The maximum Gasteiger partial charge on any atom is 0.433 e. The van der Waals surface area contributed by atoms with Gasteiger partial charge in [0.15, 0.2) is 11.4 Å². The van der Waals surface area contributed by atoms with Crippen molar-refractivity contribution in [2.24, 2.45) is 0 Å². The quantitative estimate of drug-likeness (QED) is 0.0704. The second kappa shape index (κ2) is 30.9. The molecule has 34 heteroatoms. The zero-order valence-electron chi connectivity index (χ0n) is 44.3. The molecule has 4 aliphatic rings. The first-order valence-corrected chi connectivity index (χ1v) is 25.3. The highest BCUT2D eigenvalue weighted by Crippen LogP contribution is 2.35. The largest absolute Gasteiger partial charge is 0.481 e. The number of rotatable bonds is 17. The molecule has 0 radical (unpaired) electrons. The lowest BCUT2D eigenvalue weighted by Gasteiger charge is -2.38. The molecule has 8 rings (SSSR count). The van der Waals surface area contributed by atoms with Gasteiger partial charge in [-0.05, 0) is 38.8 Å². The van der Waals surface area contributed by atoms with Gasteiger partial charge >= 0.3 is 48.2 Å². The predicted octanol–water partition coefficient (Wildman–Crippen LogP) is 2.59. The molecule has 4 aromatic rings. The highest BCUT2D eigenvalue weighted by Gasteiger charge is 2.38. The van der Waals surface area contributed by atoms with Gasteiger partial charge in [-0.1, -0.05) is 0 Å². The van der Waals surface area contributed by atoms with Crippen molar-refractivity contribution in [1.82, 2.24) is 59.9 Å². The topological polar surface area (TPSA) is 382 Å². The summed E-state index contributed by atoms with van der Waals surface area (Å²) < 4.78 is 82.9. The van der Waals surface area contributed by atoms with Crippen LogP contribution in [0, 0.1) is 0 Å². The second-order valence-electron chi connectivity index (χ2n) is 18.5. The van der Waals surface area contributed by atoms with Gasteiger partial charge in [0.05, 0.1) is 62.3 Å². The molecule has 82 heavy (non-hydrogen) atoms. The van der Waals surface area contributed by atoms with E-state index < -0.39 is 59.6 Å². The number of aromatic nitrogens is 8. The molecule has 4 fully saturated rings. The number of carboxylic acids is 6. The Balaban J connectivity index is 0.000000254. The molecule has 0 spiro atoms. The molecule has 8 heterocycles. The molecule has 4 saturated heterocycles. The van der Waals surface area contributed by atoms with Crippen LogP contribution in [0.25, 0.3) is 22.5 Å². The van der Waals surface area contributed by atoms with Crippen molar-refractivity contribution in [1.29, 1.82) is 0 Å². The molecule has 28 nitrogen and oxygen atoms in total.